The molecule has 3 heteroatoms. The van der Waals surface area contributed by atoms with Gasteiger partial charge < -0.3 is 10.1 Å². The van der Waals surface area contributed by atoms with Crippen LogP contribution in [0.1, 0.15) is 20.3 Å². The molecule has 0 atom stereocenters. The van der Waals surface area contributed by atoms with E-state index in [0.717, 1.165) is 11.4 Å². The van der Waals surface area contributed by atoms with E-state index in [2.05, 4.69) is 5.32 Å². The molecule has 0 saturated heterocycles. The van der Waals surface area contributed by atoms with Gasteiger partial charge in [-0.3, -0.25) is 4.79 Å². The molecule has 104 valence electrons. The van der Waals surface area contributed by atoms with Crippen LogP contribution in [0.15, 0.2) is 54.6 Å². The van der Waals surface area contributed by atoms with Crippen LogP contribution >= 0.6 is 0 Å². The first kappa shape index (κ1) is 14.1. The topological polar surface area (TPSA) is 38.3 Å². The highest BCUT2D eigenvalue weighted by Crippen LogP contribution is 2.24. The van der Waals surface area contributed by atoms with Crippen molar-refractivity contribution in [2.24, 2.45) is 5.92 Å². The minimum absolute atomic E-state index is 0.0249. The van der Waals surface area contributed by atoms with E-state index in [9.17, 15) is 4.79 Å². The molecule has 0 radical (unpaired) electrons. The number of carbonyl (C=O) groups excluding carboxylic acids is 1. The van der Waals surface area contributed by atoms with Crippen LogP contribution in [0.4, 0.5) is 5.69 Å². The number of benzene rings is 2. The molecule has 0 aromatic heterocycles. The number of nitrogens with one attached hydrogen (secondary N) is 1. The van der Waals surface area contributed by atoms with Crippen molar-refractivity contribution in [2.45, 2.75) is 20.3 Å². The molecule has 0 heterocycles. The highest BCUT2D eigenvalue weighted by atomic mass is 16.5. The summed E-state index contributed by atoms with van der Waals surface area (Å²) in [6.07, 6.45) is 0.518. The predicted octanol–water partition coefficient (Wildman–Crippen LogP) is 4.46. The Balaban J connectivity index is 2.03. The lowest BCUT2D eigenvalue weighted by molar-refractivity contribution is -0.116. The molecule has 3 nitrogen and oxygen atoms in total. The largest absolute Gasteiger partial charge is 0.457 e. The summed E-state index contributed by atoms with van der Waals surface area (Å²) in [5.74, 6) is 1.85. The van der Waals surface area contributed by atoms with Crippen LogP contribution in [0.3, 0.4) is 0 Å². The molecule has 2 rings (SSSR count). The number of amides is 1. The first-order valence-corrected chi connectivity index (χ1v) is 6.76. The maximum Gasteiger partial charge on any atom is 0.224 e. The molecule has 0 aliphatic carbocycles. The van der Waals surface area contributed by atoms with Gasteiger partial charge in [0.1, 0.15) is 11.5 Å². The van der Waals surface area contributed by atoms with Gasteiger partial charge in [0.15, 0.2) is 0 Å². The van der Waals surface area contributed by atoms with E-state index < -0.39 is 0 Å². The quantitative estimate of drug-likeness (QED) is 0.870. The van der Waals surface area contributed by atoms with E-state index in [1.165, 1.54) is 0 Å². The van der Waals surface area contributed by atoms with Crippen molar-refractivity contribution in [3.8, 4) is 11.5 Å². The minimum atomic E-state index is 0.0249. The highest BCUT2D eigenvalue weighted by molar-refractivity contribution is 5.90. The number of ether oxygens (including phenoxy) is 1. The van der Waals surface area contributed by atoms with Gasteiger partial charge in [-0.2, -0.15) is 0 Å². The molecule has 2 aromatic rings. The van der Waals surface area contributed by atoms with E-state index in [0.29, 0.717) is 18.1 Å². The molecule has 2 aromatic carbocycles. The SMILES string of the molecule is CC(C)CC(=O)Nc1cccc(Oc2ccccc2)c1. The lowest BCUT2D eigenvalue weighted by Crippen LogP contribution is -2.13. The van der Waals surface area contributed by atoms with Crippen molar-refractivity contribution < 1.29 is 9.53 Å². The summed E-state index contributed by atoms with van der Waals surface area (Å²) in [4.78, 5) is 11.7. The molecular weight excluding hydrogens is 250 g/mol. The molecule has 1 N–H and O–H groups in total. The summed E-state index contributed by atoms with van der Waals surface area (Å²) in [5, 5.41) is 2.88. The Morgan fingerprint density at radius 3 is 2.45 bits per heavy atom. The van der Waals surface area contributed by atoms with Crippen LogP contribution in [-0.4, -0.2) is 5.91 Å². The summed E-state index contributed by atoms with van der Waals surface area (Å²) < 4.78 is 5.73. The number of hydrogen-bond donors (Lipinski definition) is 1. The Hall–Kier alpha value is -2.29. The maximum absolute atomic E-state index is 11.7. The van der Waals surface area contributed by atoms with Gasteiger partial charge in [-0.1, -0.05) is 38.1 Å². The third kappa shape index (κ3) is 4.43. The van der Waals surface area contributed by atoms with E-state index in [1.54, 1.807) is 0 Å². The summed E-state index contributed by atoms with van der Waals surface area (Å²) >= 11 is 0. The van der Waals surface area contributed by atoms with E-state index in [4.69, 9.17) is 4.74 Å². The van der Waals surface area contributed by atoms with Gasteiger partial charge in [0, 0.05) is 18.2 Å². The Bertz CT molecular complexity index is 564. The zero-order chi connectivity index (χ0) is 14.4. The molecule has 0 unspecified atom stereocenters. The summed E-state index contributed by atoms with van der Waals surface area (Å²) in [6, 6.07) is 17.0. The molecule has 0 aliphatic heterocycles. The lowest BCUT2D eigenvalue weighted by atomic mass is 10.1. The van der Waals surface area contributed by atoms with Crippen molar-refractivity contribution >= 4 is 11.6 Å². The number of para-hydroxylation sites is 1. The first-order valence-electron chi connectivity index (χ1n) is 6.76. The van der Waals surface area contributed by atoms with Gasteiger partial charge >= 0.3 is 0 Å². The van der Waals surface area contributed by atoms with E-state index >= 15 is 0 Å². The average Bonchev–Trinajstić information content (AvgIpc) is 2.39. The van der Waals surface area contributed by atoms with Crippen molar-refractivity contribution in [1.29, 1.82) is 0 Å². The van der Waals surface area contributed by atoms with Crippen molar-refractivity contribution in [1.82, 2.24) is 0 Å². The van der Waals surface area contributed by atoms with Crippen LogP contribution in [0.25, 0.3) is 0 Å². The molecule has 0 aliphatic rings. The first-order chi connectivity index (χ1) is 9.63. The summed E-state index contributed by atoms with van der Waals surface area (Å²) in [7, 11) is 0. The van der Waals surface area contributed by atoms with Gasteiger partial charge in [0.2, 0.25) is 5.91 Å². The fourth-order valence-corrected chi connectivity index (χ4v) is 1.84. The van der Waals surface area contributed by atoms with Crippen LogP contribution in [0, 0.1) is 5.92 Å². The summed E-state index contributed by atoms with van der Waals surface area (Å²) in [5.41, 5.74) is 0.754. The molecule has 0 spiro atoms. The van der Waals surface area contributed by atoms with Crippen LogP contribution < -0.4 is 10.1 Å². The predicted molar refractivity (Wildman–Crippen MR) is 81.0 cm³/mol. The molecule has 0 bridgehead atoms. The average molecular weight is 269 g/mol. The van der Waals surface area contributed by atoms with Crippen molar-refractivity contribution in [3.63, 3.8) is 0 Å². The molecule has 0 saturated carbocycles. The smallest absolute Gasteiger partial charge is 0.224 e. The second-order valence-electron chi connectivity index (χ2n) is 5.09. The maximum atomic E-state index is 11.7. The standard InChI is InChI=1S/C17H19NO2/c1-13(2)11-17(19)18-14-7-6-10-16(12-14)20-15-8-4-3-5-9-15/h3-10,12-13H,11H2,1-2H3,(H,18,19). The van der Waals surface area contributed by atoms with Gasteiger partial charge in [0.25, 0.3) is 0 Å². The number of hydrogen-bond acceptors (Lipinski definition) is 2. The van der Waals surface area contributed by atoms with Crippen LogP contribution in [0.2, 0.25) is 0 Å². The second kappa shape index (κ2) is 6.75. The summed E-state index contributed by atoms with van der Waals surface area (Å²) in [6.45, 7) is 4.04. The Labute approximate surface area is 119 Å². The van der Waals surface area contributed by atoms with E-state index in [1.807, 2.05) is 68.4 Å². The van der Waals surface area contributed by atoms with Crippen LogP contribution in [-0.2, 0) is 4.79 Å². The normalized spacial score (nSPS) is 10.3. The third-order valence-electron chi connectivity index (χ3n) is 2.69. The molecule has 20 heavy (non-hydrogen) atoms. The van der Waals surface area contributed by atoms with Crippen molar-refractivity contribution in [3.05, 3.63) is 54.6 Å². The highest BCUT2D eigenvalue weighted by Gasteiger charge is 2.06. The molecule has 1 amide bonds. The van der Waals surface area contributed by atoms with Crippen LogP contribution in [0.5, 0.6) is 11.5 Å². The van der Waals surface area contributed by atoms with Gasteiger partial charge in [0.05, 0.1) is 0 Å². The van der Waals surface area contributed by atoms with E-state index in [-0.39, 0.29) is 5.91 Å². The van der Waals surface area contributed by atoms with Gasteiger partial charge in [-0.05, 0) is 30.2 Å². The zero-order valence-electron chi connectivity index (χ0n) is 11.8. The Morgan fingerprint density at radius 1 is 1.05 bits per heavy atom. The monoisotopic (exact) mass is 269 g/mol. The lowest BCUT2D eigenvalue weighted by Gasteiger charge is -2.09. The second-order valence-corrected chi connectivity index (χ2v) is 5.09. The molecular formula is C17H19NO2. The fourth-order valence-electron chi connectivity index (χ4n) is 1.84. The number of carbonyl (C=O) groups is 1. The Kier molecular flexibility index (Phi) is 4.77. The minimum Gasteiger partial charge on any atom is -0.457 e. The van der Waals surface area contributed by atoms with Gasteiger partial charge in [-0.25, -0.2) is 0 Å². The third-order valence-corrected chi connectivity index (χ3v) is 2.69. The van der Waals surface area contributed by atoms with Gasteiger partial charge in [-0.15, -0.1) is 0 Å². The number of rotatable bonds is 5. The van der Waals surface area contributed by atoms with Crippen molar-refractivity contribution in [2.75, 3.05) is 5.32 Å². The number of anilines is 1. The Morgan fingerprint density at radius 2 is 1.75 bits per heavy atom. The fraction of sp³-hybridized carbons (Fsp3) is 0.235. The molecule has 0 fully saturated rings. The zero-order valence-corrected chi connectivity index (χ0v) is 11.8.